The average Bonchev–Trinajstić information content (AvgIpc) is 2.49. The minimum absolute atomic E-state index is 0.00124. The molecule has 0 amide bonds. The van der Waals surface area contributed by atoms with Crippen LogP contribution in [-0.2, 0) is 0 Å². The molecule has 0 aliphatic carbocycles. The van der Waals surface area contributed by atoms with Gasteiger partial charge in [0.2, 0.25) is 0 Å². The van der Waals surface area contributed by atoms with Gasteiger partial charge in [-0.1, -0.05) is 58.7 Å². The molecule has 112 valence electrons. The molecule has 0 fully saturated rings. The highest BCUT2D eigenvalue weighted by Gasteiger charge is 2.19. The first-order chi connectivity index (χ1) is 10.2. The van der Waals surface area contributed by atoms with E-state index < -0.39 is 0 Å². The van der Waals surface area contributed by atoms with Gasteiger partial charge in [0, 0.05) is 15.1 Å². The van der Waals surface area contributed by atoms with Crippen LogP contribution in [0.15, 0.2) is 46.9 Å². The van der Waals surface area contributed by atoms with Crippen molar-refractivity contribution in [1.82, 2.24) is 5.32 Å². The molecule has 0 aliphatic heterocycles. The number of ether oxygens (including phenoxy) is 1. The van der Waals surface area contributed by atoms with E-state index in [9.17, 15) is 0 Å². The van der Waals surface area contributed by atoms with Crippen molar-refractivity contribution in [1.29, 1.82) is 0 Å². The molecule has 0 saturated carbocycles. The van der Waals surface area contributed by atoms with Gasteiger partial charge in [0.15, 0.2) is 0 Å². The lowest BCUT2D eigenvalue weighted by Crippen LogP contribution is -2.19. The van der Waals surface area contributed by atoms with Crippen LogP contribution in [0.2, 0.25) is 5.02 Å². The Kier molecular flexibility index (Phi) is 6.09. The standard InChI is InChI=1S/C17H19BrClNO/c1-3-10-21-16-7-5-4-6-14(16)17(20-2)13-9-8-12(18)11-15(13)19/h4-9,11,17,20H,3,10H2,1-2H3. The second kappa shape index (κ2) is 7.83. The Balaban J connectivity index is 2.41. The molecular weight excluding hydrogens is 350 g/mol. The number of nitrogens with one attached hydrogen (secondary N) is 1. The molecule has 1 unspecified atom stereocenters. The summed E-state index contributed by atoms with van der Waals surface area (Å²) in [6, 6.07) is 14.0. The van der Waals surface area contributed by atoms with Crippen LogP contribution in [-0.4, -0.2) is 13.7 Å². The Bertz CT molecular complexity index is 603. The Morgan fingerprint density at radius 1 is 1.19 bits per heavy atom. The van der Waals surface area contributed by atoms with Gasteiger partial charge in [-0.2, -0.15) is 0 Å². The highest BCUT2D eigenvalue weighted by molar-refractivity contribution is 9.10. The Hall–Kier alpha value is -1.03. The fourth-order valence-corrected chi connectivity index (χ4v) is 3.06. The van der Waals surface area contributed by atoms with Crippen LogP contribution < -0.4 is 10.1 Å². The molecule has 21 heavy (non-hydrogen) atoms. The number of para-hydroxylation sites is 1. The van der Waals surface area contributed by atoms with Gasteiger partial charge in [0.05, 0.1) is 12.6 Å². The molecule has 1 N–H and O–H groups in total. The molecular formula is C17H19BrClNO. The predicted molar refractivity (Wildman–Crippen MR) is 92.3 cm³/mol. The van der Waals surface area contributed by atoms with E-state index in [0.29, 0.717) is 6.61 Å². The molecule has 0 spiro atoms. The van der Waals surface area contributed by atoms with Crippen LogP contribution in [0, 0.1) is 0 Å². The largest absolute Gasteiger partial charge is 0.493 e. The molecule has 0 bridgehead atoms. The molecule has 4 heteroatoms. The third-order valence-corrected chi connectivity index (χ3v) is 4.07. The zero-order valence-electron chi connectivity index (χ0n) is 12.2. The van der Waals surface area contributed by atoms with Gasteiger partial charge in [0.25, 0.3) is 0 Å². The summed E-state index contributed by atoms with van der Waals surface area (Å²) in [5.41, 5.74) is 2.13. The first kappa shape index (κ1) is 16.3. The number of rotatable bonds is 6. The second-order valence-corrected chi connectivity index (χ2v) is 6.10. The summed E-state index contributed by atoms with van der Waals surface area (Å²) in [5.74, 6) is 0.901. The van der Waals surface area contributed by atoms with Crippen LogP contribution >= 0.6 is 27.5 Å². The zero-order chi connectivity index (χ0) is 15.2. The van der Waals surface area contributed by atoms with Crippen LogP contribution in [0.25, 0.3) is 0 Å². The van der Waals surface area contributed by atoms with Crippen molar-refractivity contribution >= 4 is 27.5 Å². The van der Waals surface area contributed by atoms with E-state index in [1.54, 1.807) is 0 Å². The van der Waals surface area contributed by atoms with Crippen molar-refractivity contribution < 1.29 is 4.74 Å². The predicted octanol–water partition coefficient (Wildman–Crippen LogP) is 5.20. The van der Waals surface area contributed by atoms with E-state index in [2.05, 4.69) is 34.2 Å². The third kappa shape index (κ3) is 4.00. The fraction of sp³-hybridized carbons (Fsp3) is 0.294. The van der Waals surface area contributed by atoms with Crippen LogP contribution in [0.4, 0.5) is 0 Å². The van der Waals surface area contributed by atoms with Crippen molar-refractivity contribution in [3.8, 4) is 5.75 Å². The van der Waals surface area contributed by atoms with E-state index >= 15 is 0 Å². The molecule has 0 aliphatic rings. The average molecular weight is 369 g/mol. The fourth-order valence-electron chi connectivity index (χ4n) is 2.28. The van der Waals surface area contributed by atoms with E-state index in [0.717, 1.165) is 32.8 Å². The highest BCUT2D eigenvalue weighted by atomic mass is 79.9. The summed E-state index contributed by atoms with van der Waals surface area (Å²) in [4.78, 5) is 0. The summed E-state index contributed by atoms with van der Waals surface area (Å²) in [6.45, 7) is 2.81. The van der Waals surface area contributed by atoms with Crippen LogP contribution in [0.1, 0.15) is 30.5 Å². The van der Waals surface area contributed by atoms with Crippen molar-refractivity contribution in [2.75, 3.05) is 13.7 Å². The van der Waals surface area contributed by atoms with Crippen molar-refractivity contribution in [3.05, 3.63) is 63.1 Å². The third-order valence-electron chi connectivity index (χ3n) is 3.25. The van der Waals surface area contributed by atoms with Crippen molar-refractivity contribution in [2.24, 2.45) is 0 Å². The smallest absolute Gasteiger partial charge is 0.124 e. The lowest BCUT2D eigenvalue weighted by molar-refractivity contribution is 0.312. The van der Waals surface area contributed by atoms with Crippen molar-refractivity contribution in [2.45, 2.75) is 19.4 Å². The summed E-state index contributed by atoms with van der Waals surface area (Å²) in [6.07, 6.45) is 0.984. The van der Waals surface area contributed by atoms with E-state index in [1.807, 2.05) is 43.4 Å². The highest BCUT2D eigenvalue weighted by Crippen LogP contribution is 2.34. The van der Waals surface area contributed by atoms with E-state index in [-0.39, 0.29) is 6.04 Å². The summed E-state index contributed by atoms with van der Waals surface area (Å²) in [5, 5.41) is 4.06. The molecule has 0 heterocycles. The van der Waals surface area contributed by atoms with Crippen LogP contribution in [0.5, 0.6) is 5.75 Å². The van der Waals surface area contributed by atoms with Gasteiger partial charge in [-0.25, -0.2) is 0 Å². The monoisotopic (exact) mass is 367 g/mol. The zero-order valence-corrected chi connectivity index (χ0v) is 14.5. The van der Waals surface area contributed by atoms with Gasteiger partial charge < -0.3 is 10.1 Å². The quantitative estimate of drug-likeness (QED) is 0.756. The number of halogens is 2. The van der Waals surface area contributed by atoms with Gasteiger partial charge in [-0.05, 0) is 37.2 Å². The van der Waals surface area contributed by atoms with Crippen molar-refractivity contribution in [3.63, 3.8) is 0 Å². The molecule has 0 aromatic heterocycles. The Labute approximate surface area is 139 Å². The number of hydrogen-bond donors (Lipinski definition) is 1. The minimum Gasteiger partial charge on any atom is -0.493 e. The maximum atomic E-state index is 6.40. The maximum absolute atomic E-state index is 6.40. The molecule has 1 atom stereocenters. The molecule has 2 aromatic carbocycles. The molecule has 2 rings (SSSR count). The van der Waals surface area contributed by atoms with Gasteiger partial charge in [0.1, 0.15) is 5.75 Å². The normalized spacial score (nSPS) is 12.2. The second-order valence-electron chi connectivity index (χ2n) is 4.77. The first-order valence-corrected chi connectivity index (χ1v) is 8.18. The number of benzene rings is 2. The molecule has 0 saturated heterocycles. The summed E-state index contributed by atoms with van der Waals surface area (Å²) < 4.78 is 6.84. The topological polar surface area (TPSA) is 21.3 Å². The molecule has 2 nitrogen and oxygen atoms in total. The Morgan fingerprint density at radius 2 is 1.95 bits per heavy atom. The first-order valence-electron chi connectivity index (χ1n) is 7.01. The summed E-state index contributed by atoms with van der Waals surface area (Å²) in [7, 11) is 1.93. The lowest BCUT2D eigenvalue weighted by Gasteiger charge is -2.21. The molecule has 0 radical (unpaired) electrons. The Morgan fingerprint density at radius 3 is 2.62 bits per heavy atom. The number of hydrogen-bond acceptors (Lipinski definition) is 2. The maximum Gasteiger partial charge on any atom is 0.124 e. The summed E-state index contributed by atoms with van der Waals surface area (Å²) >= 11 is 9.84. The van der Waals surface area contributed by atoms with Crippen LogP contribution in [0.3, 0.4) is 0 Å². The van der Waals surface area contributed by atoms with Gasteiger partial charge in [-0.3, -0.25) is 0 Å². The lowest BCUT2D eigenvalue weighted by atomic mass is 9.98. The SMILES string of the molecule is CCCOc1ccccc1C(NC)c1ccc(Br)cc1Cl. The van der Waals surface area contributed by atoms with Gasteiger partial charge >= 0.3 is 0 Å². The minimum atomic E-state index is -0.00124. The van der Waals surface area contributed by atoms with E-state index in [1.165, 1.54) is 0 Å². The van der Waals surface area contributed by atoms with E-state index in [4.69, 9.17) is 16.3 Å². The molecule has 2 aromatic rings. The van der Waals surface area contributed by atoms with Gasteiger partial charge in [-0.15, -0.1) is 0 Å².